The van der Waals surface area contributed by atoms with Gasteiger partial charge in [-0.15, -0.1) is 0 Å². The van der Waals surface area contributed by atoms with Gasteiger partial charge in [0.2, 0.25) is 0 Å². The largest absolute Gasteiger partial charge is 0.392 e. The van der Waals surface area contributed by atoms with Gasteiger partial charge < -0.3 is 5.11 Å². The molecule has 0 aromatic carbocycles. The molecule has 40 heavy (non-hydrogen) atoms. The molecule has 0 saturated heterocycles. The Morgan fingerprint density at radius 2 is 0.475 bits per heavy atom. The number of rotatable bonds is 36. The van der Waals surface area contributed by atoms with Crippen molar-refractivity contribution in [2.45, 2.75) is 239 Å². The lowest BCUT2D eigenvalue weighted by Gasteiger charge is -2.07. The second kappa shape index (κ2) is 36.9. The summed E-state index contributed by atoms with van der Waals surface area (Å²) in [5.74, 6) is 1.65. The average molecular weight is 564 g/mol. The highest BCUT2D eigenvalue weighted by molar-refractivity contribution is 4.88. The first-order valence-corrected chi connectivity index (χ1v) is 19.3. The van der Waals surface area contributed by atoms with Crippen molar-refractivity contribution in [2.75, 3.05) is 6.61 Å². The van der Waals surface area contributed by atoms with Crippen LogP contribution in [0.2, 0.25) is 0 Å². The van der Waals surface area contributed by atoms with Gasteiger partial charge in [-0.1, -0.05) is 194 Å². The zero-order valence-corrected chi connectivity index (χ0v) is 28.4. The second-order valence-corrected chi connectivity index (χ2v) is 13.3. The van der Waals surface area contributed by atoms with Crippen LogP contribution in [0.3, 0.4) is 0 Å². The summed E-state index contributed by atoms with van der Waals surface area (Å²) < 4.78 is 0. The highest BCUT2D eigenvalue weighted by Crippen LogP contribution is 2.24. The van der Waals surface area contributed by atoms with Gasteiger partial charge in [0.15, 0.2) is 0 Å². The molecule has 0 bridgehead atoms. The Kier molecular flexibility index (Phi) is 36.7. The minimum atomic E-state index is 0.354. The first kappa shape index (κ1) is 39.8. The standard InChI is InChI=1S/C39H79O/c1-3-5-7-9-11-13-15-17-19-21-23-25-27-29-31-33-35-39(37-38-40)36-34-32-30-28-26-24-22-20-18-16-14-12-10-8-6-4-2/h40H,3-38H2,1-2H3/q+1. The van der Waals surface area contributed by atoms with Gasteiger partial charge in [0.25, 0.3) is 0 Å². The van der Waals surface area contributed by atoms with Crippen molar-refractivity contribution >= 4 is 0 Å². The van der Waals surface area contributed by atoms with Crippen molar-refractivity contribution in [3.05, 3.63) is 5.92 Å². The van der Waals surface area contributed by atoms with Gasteiger partial charge >= 0.3 is 0 Å². The van der Waals surface area contributed by atoms with E-state index >= 15 is 0 Å². The summed E-state index contributed by atoms with van der Waals surface area (Å²) in [6.45, 7) is 4.96. The van der Waals surface area contributed by atoms with Gasteiger partial charge in [0.05, 0.1) is 25.4 Å². The lowest BCUT2D eigenvalue weighted by atomic mass is 9.91. The molecule has 0 spiro atoms. The topological polar surface area (TPSA) is 20.2 Å². The highest BCUT2D eigenvalue weighted by atomic mass is 16.3. The van der Waals surface area contributed by atoms with E-state index in [0.29, 0.717) is 6.61 Å². The van der Waals surface area contributed by atoms with E-state index < -0.39 is 0 Å². The molecule has 0 rings (SSSR count). The Labute approximate surface area is 255 Å². The van der Waals surface area contributed by atoms with Crippen molar-refractivity contribution in [2.24, 2.45) is 0 Å². The third-order valence-electron chi connectivity index (χ3n) is 9.23. The van der Waals surface area contributed by atoms with Crippen LogP contribution in [0, 0.1) is 5.92 Å². The Morgan fingerprint density at radius 1 is 0.275 bits per heavy atom. The molecule has 0 radical (unpaired) electrons. The number of hydrogen-bond donors (Lipinski definition) is 1. The minimum Gasteiger partial charge on any atom is -0.392 e. The maximum absolute atomic E-state index is 9.49. The van der Waals surface area contributed by atoms with Gasteiger partial charge in [-0.2, -0.15) is 0 Å². The maximum Gasteiger partial charge on any atom is 0.113 e. The first-order valence-electron chi connectivity index (χ1n) is 19.3. The normalized spacial score (nSPS) is 11.5. The number of hydrogen-bond acceptors (Lipinski definition) is 1. The Balaban J connectivity index is 3.35. The minimum absolute atomic E-state index is 0.354. The number of unbranched alkanes of at least 4 members (excludes halogenated alkanes) is 30. The van der Waals surface area contributed by atoms with Crippen molar-refractivity contribution in [1.29, 1.82) is 0 Å². The lowest BCUT2D eigenvalue weighted by molar-refractivity contribution is 0.285. The Bertz CT molecular complexity index is 383. The van der Waals surface area contributed by atoms with E-state index in [1.165, 1.54) is 218 Å². The predicted octanol–water partition coefficient (Wildman–Crippen LogP) is 14.2. The summed E-state index contributed by atoms with van der Waals surface area (Å²) in [6, 6.07) is 0. The van der Waals surface area contributed by atoms with Crippen LogP contribution in [0.25, 0.3) is 0 Å². The molecule has 1 heteroatoms. The van der Waals surface area contributed by atoms with Gasteiger partial charge in [0, 0.05) is 0 Å². The molecule has 0 saturated carbocycles. The van der Waals surface area contributed by atoms with Crippen LogP contribution in [-0.2, 0) is 0 Å². The molecule has 0 unspecified atom stereocenters. The zero-order valence-electron chi connectivity index (χ0n) is 28.4. The van der Waals surface area contributed by atoms with Crippen molar-refractivity contribution in [1.82, 2.24) is 0 Å². The van der Waals surface area contributed by atoms with Crippen LogP contribution < -0.4 is 0 Å². The van der Waals surface area contributed by atoms with Crippen LogP contribution >= 0.6 is 0 Å². The molecule has 0 aliphatic heterocycles. The Morgan fingerprint density at radius 3 is 0.675 bits per heavy atom. The molecular formula is C39H79O+. The van der Waals surface area contributed by atoms with Crippen LogP contribution in [0.4, 0.5) is 0 Å². The molecule has 0 fully saturated rings. The average Bonchev–Trinajstić information content (AvgIpc) is 2.96. The molecule has 0 aromatic heterocycles. The fourth-order valence-corrected chi connectivity index (χ4v) is 6.38. The van der Waals surface area contributed by atoms with Gasteiger partial charge in [-0.05, 0) is 25.7 Å². The molecule has 240 valence electrons. The van der Waals surface area contributed by atoms with Crippen LogP contribution in [0.5, 0.6) is 0 Å². The summed E-state index contributed by atoms with van der Waals surface area (Å²) in [5.41, 5.74) is 0. The van der Waals surface area contributed by atoms with Crippen molar-refractivity contribution < 1.29 is 5.11 Å². The first-order chi connectivity index (χ1) is 19.8. The van der Waals surface area contributed by atoms with Crippen molar-refractivity contribution in [3.8, 4) is 0 Å². The summed E-state index contributed by atoms with van der Waals surface area (Å²) in [4.78, 5) is 0. The third-order valence-corrected chi connectivity index (χ3v) is 9.23. The molecule has 0 heterocycles. The van der Waals surface area contributed by atoms with Crippen LogP contribution in [0.15, 0.2) is 0 Å². The van der Waals surface area contributed by atoms with Crippen LogP contribution in [-0.4, -0.2) is 11.7 Å². The van der Waals surface area contributed by atoms with E-state index in [9.17, 15) is 5.11 Å². The zero-order chi connectivity index (χ0) is 29.0. The van der Waals surface area contributed by atoms with E-state index in [2.05, 4.69) is 13.8 Å². The monoisotopic (exact) mass is 564 g/mol. The third kappa shape index (κ3) is 34.0. The van der Waals surface area contributed by atoms with Gasteiger partial charge in [-0.25, -0.2) is 0 Å². The predicted molar refractivity (Wildman–Crippen MR) is 183 cm³/mol. The smallest absolute Gasteiger partial charge is 0.113 e. The van der Waals surface area contributed by atoms with E-state index in [-0.39, 0.29) is 0 Å². The van der Waals surface area contributed by atoms with E-state index in [4.69, 9.17) is 0 Å². The molecule has 1 N–H and O–H groups in total. The van der Waals surface area contributed by atoms with E-state index in [0.717, 1.165) is 6.42 Å². The summed E-state index contributed by atoms with van der Waals surface area (Å²) in [7, 11) is 0. The quantitative estimate of drug-likeness (QED) is 0.0593. The fourth-order valence-electron chi connectivity index (χ4n) is 6.38. The molecule has 0 atom stereocenters. The number of aliphatic hydroxyl groups is 1. The molecule has 0 amide bonds. The van der Waals surface area contributed by atoms with Crippen LogP contribution in [0.1, 0.15) is 239 Å². The summed E-state index contributed by atoms with van der Waals surface area (Å²) >= 11 is 0. The molecule has 0 aromatic rings. The maximum atomic E-state index is 9.49. The van der Waals surface area contributed by atoms with Gasteiger partial charge in [-0.3, -0.25) is 0 Å². The summed E-state index contributed by atoms with van der Waals surface area (Å²) in [5, 5.41) is 9.49. The molecule has 1 nitrogen and oxygen atoms in total. The van der Waals surface area contributed by atoms with Gasteiger partial charge in [0.1, 0.15) is 6.42 Å². The highest BCUT2D eigenvalue weighted by Gasteiger charge is 2.18. The summed E-state index contributed by atoms with van der Waals surface area (Å²) in [6.07, 6.45) is 49.6. The molecule has 0 aliphatic rings. The fraction of sp³-hybridized carbons (Fsp3) is 0.974. The molecule has 0 aliphatic carbocycles. The van der Waals surface area contributed by atoms with E-state index in [1.54, 1.807) is 5.92 Å². The van der Waals surface area contributed by atoms with E-state index in [1.807, 2.05) is 0 Å². The molecular weight excluding hydrogens is 484 g/mol. The lowest BCUT2D eigenvalue weighted by Crippen LogP contribution is -2.01. The SMILES string of the molecule is CCCCCCCCCCCCCCCCCC[C+](CCO)CCCCCCCCCCCCCCCCCC. The second-order valence-electron chi connectivity index (χ2n) is 13.3. The van der Waals surface area contributed by atoms with Crippen molar-refractivity contribution in [3.63, 3.8) is 0 Å². The number of aliphatic hydroxyl groups excluding tert-OH is 1. The Hall–Kier alpha value is -0.170.